The smallest absolute Gasteiger partial charge is 0.320 e. The number of nitrogens with one attached hydrogen (secondary N) is 2. The number of carbonyl (C=O) groups excluding carboxylic acids is 1. The Morgan fingerprint density at radius 3 is 2.63 bits per heavy atom. The monoisotopic (exact) mass is 556 g/mol. The normalized spacial score (nSPS) is 11.6. The summed E-state index contributed by atoms with van der Waals surface area (Å²) >= 11 is 0. The first-order valence-corrected chi connectivity index (χ1v) is 13.4. The number of aryl methyl sites for hydroxylation is 1. The number of amides is 2. The molecule has 5 rings (SSSR count). The number of anilines is 1. The Labute approximate surface area is 237 Å². The summed E-state index contributed by atoms with van der Waals surface area (Å²) in [4.78, 5) is 13.0. The summed E-state index contributed by atoms with van der Waals surface area (Å²) in [5.74, 6) is 1.03. The van der Waals surface area contributed by atoms with E-state index >= 15 is 0 Å². The molecule has 212 valence electrons. The maximum Gasteiger partial charge on any atom is 0.320 e. The number of benzene rings is 3. The molecule has 0 aliphatic carbocycles. The van der Waals surface area contributed by atoms with Gasteiger partial charge in [0, 0.05) is 29.0 Å². The molecule has 0 aliphatic rings. The van der Waals surface area contributed by atoms with Crippen molar-refractivity contribution >= 4 is 22.8 Å². The lowest BCUT2D eigenvalue weighted by atomic mass is 9.92. The first-order chi connectivity index (χ1) is 19.6. The van der Waals surface area contributed by atoms with Crippen molar-refractivity contribution in [3.05, 3.63) is 95.6 Å². The number of rotatable bonds is 8. The number of aliphatic hydroxyl groups is 1. The summed E-state index contributed by atoms with van der Waals surface area (Å²) in [7, 11) is 0. The number of para-hydroxylation sites is 1. The van der Waals surface area contributed by atoms with Crippen LogP contribution >= 0.6 is 0 Å². The first kappa shape index (κ1) is 27.9. The predicted molar refractivity (Wildman–Crippen MR) is 156 cm³/mol. The lowest BCUT2D eigenvalue weighted by Crippen LogP contribution is -2.29. The highest BCUT2D eigenvalue weighted by Crippen LogP contribution is 2.30. The molecule has 5 aromatic rings. The molecule has 0 bridgehead atoms. The second kappa shape index (κ2) is 11.4. The maximum atomic E-state index is 14.2. The van der Waals surface area contributed by atoms with E-state index in [1.54, 1.807) is 21.6 Å². The second-order valence-electron chi connectivity index (χ2n) is 10.8. The average Bonchev–Trinajstić information content (AvgIpc) is 3.53. The van der Waals surface area contributed by atoms with Crippen LogP contribution in [0.2, 0.25) is 0 Å². The highest BCUT2D eigenvalue weighted by Gasteiger charge is 2.22. The third-order valence-corrected chi connectivity index (χ3v) is 6.68. The molecule has 0 radical (unpaired) electrons. The van der Waals surface area contributed by atoms with Crippen molar-refractivity contribution in [2.24, 2.45) is 0 Å². The van der Waals surface area contributed by atoms with Crippen molar-refractivity contribution in [1.29, 1.82) is 0 Å². The Morgan fingerprint density at radius 1 is 1.07 bits per heavy atom. The number of halogens is 1. The molecule has 3 aromatic carbocycles. The van der Waals surface area contributed by atoms with Crippen molar-refractivity contribution in [3.8, 4) is 17.2 Å². The predicted octanol–water partition coefficient (Wildman–Crippen LogP) is 6.07. The number of aromatic nitrogens is 4. The topological polar surface area (TPSA) is 106 Å². The van der Waals surface area contributed by atoms with E-state index in [1.807, 2.05) is 49.4 Å². The van der Waals surface area contributed by atoms with E-state index in [4.69, 9.17) is 9.84 Å². The van der Waals surface area contributed by atoms with E-state index in [9.17, 15) is 14.3 Å². The van der Waals surface area contributed by atoms with Gasteiger partial charge < -0.3 is 15.2 Å². The highest BCUT2D eigenvalue weighted by atomic mass is 19.1. The Hall–Kier alpha value is -4.70. The minimum Gasteiger partial charge on any atom is -0.457 e. The Balaban J connectivity index is 1.33. The van der Waals surface area contributed by atoms with Crippen LogP contribution in [-0.4, -0.2) is 37.3 Å². The van der Waals surface area contributed by atoms with Crippen LogP contribution in [0.25, 0.3) is 16.6 Å². The van der Waals surface area contributed by atoms with Gasteiger partial charge in [-0.2, -0.15) is 10.2 Å². The molecule has 0 aliphatic heterocycles. The van der Waals surface area contributed by atoms with Crippen LogP contribution < -0.4 is 15.4 Å². The lowest BCUT2D eigenvalue weighted by molar-refractivity contribution is 0.251. The van der Waals surface area contributed by atoms with Crippen molar-refractivity contribution in [2.45, 2.75) is 46.2 Å². The summed E-state index contributed by atoms with van der Waals surface area (Å²) in [6, 6.07) is 18.9. The SMILES string of the molecule is Cc1ccccc1-n1nc(C(C)(C)C)cc1NC(=O)NCc1cc(F)ccc1Oc1ccc2c(cnn2CCO)c1. The van der Waals surface area contributed by atoms with Gasteiger partial charge in [-0.25, -0.2) is 13.9 Å². The molecule has 2 amide bonds. The van der Waals surface area contributed by atoms with Gasteiger partial charge in [0.25, 0.3) is 0 Å². The van der Waals surface area contributed by atoms with Gasteiger partial charge in [0.2, 0.25) is 0 Å². The van der Waals surface area contributed by atoms with Gasteiger partial charge in [-0.15, -0.1) is 0 Å². The zero-order valence-electron chi connectivity index (χ0n) is 23.5. The fraction of sp³-hybridized carbons (Fsp3) is 0.258. The van der Waals surface area contributed by atoms with Gasteiger partial charge in [-0.1, -0.05) is 39.0 Å². The van der Waals surface area contributed by atoms with Crippen LogP contribution in [0.15, 0.2) is 72.9 Å². The van der Waals surface area contributed by atoms with Crippen LogP contribution in [0.4, 0.5) is 15.0 Å². The summed E-state index contributed by atoms with van der Waals surface area (Å²) in [5.41, 5.74) is 3.81. The fourth-order valence-corrected chi connectivity index (χ4v) is 4.47. The van der Waals surface area contributed by atoms with Gasteiger partial charge in [-0.05, 0) is 55.0 Å². The molecule has 2 heterocycles. The molecule has 10 heteroatoms. The highest BCUT2D eigenvalue weighted by molar-refractivity contribution is 5.89. The van der Waals surface area contributed by atoms with Crippen LogP contribution in [0.5, 0.6) is 11.5 Å². The number of carbonyl (C=O) groups is 1. The van der Waals surface area contributed by atoms with E-state index in [0.29, 0.717) is 29.4 Å². The van der Waals surface area contributed by atoms with Gasteiger partial charge in [0.15, 0.2) is 0 Å². The largest absolute Gasteiger partial charge is 0.457 e. The molecule has 0 saturated heterocycles. The number of hydrogen-bond acceptors (Lipinski definition) is 5. The van der Waals surface area contributed by atoms with Gasteiger partial charge in [0.05, 0.1) is 36.2 Å². The van der Waals surface area contributed by atoms with Crippen molar-refractivity contribution in [3.63, 3.8) is 0 Å². The minimum absolute atomic E-state index is 0.0134. The molecule has 9 nitrogen and oxygen atoms in total. The molecule has 41 heavy (non-hydrogen) atoms. The van der Waals surface area contributed by atoms with Crippen molar-refractivity contribution in [1.82, 2.24) is 24.9 Å². The fourth-order valence-electron chi connectivity index (χ4n) is 4.47. The standard InChI is InChI=1S/C31H33FN6O3/c1-20-7-5-6-8-25(20)38-29(17-28(36-38)31(2,3)4)35-30(40)33-18-22-15-23(32)9-12-27(22)41-24-10-11-26-21(16-24)19-34-37(26)13-14-39/h5-12,15-17,19,39H,13-14,18H2,1-4H3,(H2,33,35,40). The van der Waals surface area contributed by atoms with E-state index in [2.05, 4.69) is 36.5 Å². The third-order valence-electron chi connectivity index (χ3n) is 6.68. The Morgan fingerprint density at radius 2 is 1.88 bits per heavy atom. The summed E-state index contributed by atoms with van der Waals surface area (Å²) in [6.07, 6.45) is 1.70. The van der Waals surface area contributed by atoms with Gasteiger partial charge >= 0.3 is 6.03 Å². The van der Waals surface area contributed by atoms with Crippen molar-refractivity contribution < 1.29 is 19.0 Å². The van der Waals surface area contributed by atoms with E-state index in [0.717, 1.165) is 27.8 Å². The van der Waals surface area contributed by atoms with Crippen LogP contribution in [0.3, 0.4) is 0 Å². The molecule has 2 aromatic heterocycles. The average molecular weight is 557 g/mol. The summed E-state index contributed by atoms with van der Waals surface area (Å²) < 4.78 is 23.7. The first-order valence-electron chi connectivity index (χ1n) is 13.4. The molecule has 0 fully saturated rings. The molecule has 0 spiro atoms. The number of urea groups is 1. The molecule has 0 atom stereocenters. The maximum absolute atomic E-state index is 14.2. The number of hydrogen-bond donors (Lipinski definition) is 3. The number of nitrogens with zero attached hydrogens (tertiary/aromatic N) is 4. The zero-order valence-corrected chi connectivity index (χ0v) is 23.5. The third kappa shape index (κ3) is 6.22. The lowest BCUT2D eigenvalue weighted by Gasteiger charge is -2.14. The van der Waals surface area contributed by atoms with Crippen LogP contribution in [-0.2, 0) is 18.5 Å². The van der Waals surface area contributed by atoms with Gasteiger partial charge in [0.1, 0.15) is 23.1 Å². The Kier molecular flexibility index (Phi) is 7.76. The number of fused-ring (bicyclic) bond motifs is 1. The molecule has 3 N–H and O–H groups in total. The Bertz CT molecular complexity index is 1700. The van der Waals surface area contributed by atoms with E-state index in [1.165, 1.54) is 18.2 Å². The summed E-state index contributed by atoms with van der Waals surface area (Å²) in [5, 5.41) is 24.8. The number of aliphatic hydroxyl groups excluding tert-OH is 1. The molecular weight excluding hydrogens is 523 g/mol. The summed E-state index contributed by atoms with van der Waals surface area (Å²) in [6.45, 7) is 8.58. The van der Waals surface area contributed by atoms with Crippen molar-refractivity contribution in [2.75, 3.05) is 11.9 Å². The van der Waals surface area contributed by atoms with E-state index < -0.39 is 11.8 Å². The molecular formula is C31H33FN6O3. The quantitative estimate of drug-likeness (QED) is 0.215. The molecule has 0 unspecified atom stereocenters. The molecule has 0 saturated carbocycles. The second-order valence-corrected chi connectivity index (χ2v) is 10.8. The van der Waals surface area contributed by atoms with Crippen LogP contribution in [0.1, 0.15) is 37.6 Å². The minimum atomic E-state index is -0.465. The van der Waals surface area contributed by atoms with Gasteiger partial charge in [-0.3, -0.25) is 10.00 Å². The number of ether oxygens (including phenoxy) is 1. The van der Waals surface area contributed by atoms with Crippen LogP contribution in [0, 0.1) is 12.7 Å². The van der Waals surface area contributed by atoms with E-state index in [-0.39, 0.29) is 18.6 Å². The zero-order chi connectivity index (χ0) is 29.1.